The summed E-state index contributed by atoms with van der Waals surface area (Å²) < 4.78 is 19.2. The number of benzene rings is 2. The summed E-state index contributed by atoms with van der Waals surface area (Å²) in [7, 11) is 0. The van der Waals surface area contributed by atoms with E-state index in [9.17, 15) is 24.0 Å². The number of aryl methyl sites for hydroxylation is 1. The number of carboxylic acids is 1. The molecule has 0 saturated carbocycles. The summed E-state index contributed by atoms with van der Waals surface area (Å²) in [6.07, 6.45) is 0. The van der Waals surface area contributed by atoms with Gasteiger partial charge in [0.1, 0.15) is 13.2 Å². The molecule has 0 radical (unpaired) electrons. The zero-order chi connectivity index (χ0) is 22.1. The second kappa shape index (κ2) is 10.4. The molecular formula is C20H16O10. The summed E-state index contributed by atoms with van der Waals surface area (Å²) in [5.74, 6) is -2.82. The number of hydrogen-bond acceptors (Lipinski definition) is 9. The summed E-state index contributed by atoms with van der Waals surface area (Å²) in [6.45, 7) is 1.29. The molecule has 2 rings (SSSR count). The molecule has 0 bridgehead atoms. The highest BCUT2D eigenvalue weighted by Crippen LogP contribution is 2.28. The third-order valence-electron chi connectivity index (χ3n) is 3.77. The lowest BCUT2D eigenvalue weighted by atomic mass is 10.1. The van der Waals surface area contributed by atoms with Gasteiger partial charge in [-0.25, -0.2) is 14.4 Å². The monoisotopic (exact) mass is 416 g/mol. The molecule has 2 aromatic carbocycles. The first-order valence-electron chi connectivity index (χ1n) is 8.40. The van der Waals surface area contributed by atoms with Crippen LogP contribution in [0.4, 0.5) is 0 Å². The fraction of sp³-hybridized carbons (Fsp3) is 0.150. The molecule has 0 heterocycles. The van der Waals surface area contributed by atoms with Gasteiger partial charge >= 0.3 is 17.9 Å². The second-order valence-electron chi connectivity index (χ2n) is 5.70. The molecule has 0 unspecified atom stereocenters. The molecule has 2 aromatic rings. The van der Waals surface area contributed by atoms with Crippen LogP contribution in [0.3, 0.4) is 0 Å². The van der Waals surface area contributed by atoms with E-state index in [0.29, 0.717) is 5.56 Å². The molecular weight excluding hydrogens is 400 g/mol. The first kappa shape index (κ1) is 22.1. The molecule has 0 saturated heterocycles. The lowest BCUT2D eigenvalue weighted by Gasteiger charge is -2.09. The molecule has 0 amide bonds. The van der Waals surface area contributed by atoms with E-state index in [1.54, 1.807) is 6.92 Å². The van der Waals surface area contributed by atoms with Crippen LogP contribution in [0.25, 0.3) is 0 Å². The molecule has 0 fully saturated rings. The van der Waals surface area contributed by atoms with Crippen LogP contribution >= 0.6 is 0 Å². The minimum absolute atomic E-state index is 0.0105. The van der Waals surface area contributed by atoms with Gasteiger partial charge in [-0.2, -0.15) is 0 Å². The number of ether oxygens (including phenoxy) is 4. The van der Waals surface area contributed by atoms with Crippen molar-refractivity contribution in [1.29, 1.82) is 0 Å². The minimum atomic E-state index is -1.10. The van der Waals surface area contributed by atoms with Crippen LogP contribution < -0.4 is 9.47 Å². The van der Waals surface area contributed by atoms with E-state index >= 15 is 0 Å². The standard InChI is InChI=1S/C20H16O10/c1-12-8-13(2-4-15(12)18(23)24)19(25)27-6-7-28-20(26)14-3-5-16(29-10-21)17(9-14)30-11-22/h2-5,8-11H,6-7H2,1H3,(H,23,24). The third-order valence-corrected chi connectivity index (χ3v) is 3.77. The Bertz CT molecular complexity index is 980. The van der Waals surface area contributed by atoms with E-state index in [-0.39, 0.29) is 54.3 Å². The van der Waals surface area contributed by atoms with Gasteiger partial charge in [-0.1, -0.05) is 0 Å². The van der Waals surface area contributed by atoms with Gasteiger partial charge in [0.15, 0.2) is 11.5 Å². The van der Waals surface area contributed by atoms with Crippen molar-refractivity contribution < 1.29 is 48.0 Å². The van der Waals surface area contributed by atoms with Crippen LogP contribution in [0.5, 0.6) is 11.5 Å². The van der Waals surface area contributed by atoms with Crippen LogP contribution in [0.2, 0.25) is 0 Å². The fourth-order valence-corrected chi connectivity index (χ4v) is 2.39. The van der Waals surface area contributed by atoms with Crippen molar-refractivity contribution in [3.05, 3.63) is 58.7 Å². The molecule has 10 heteroatoms. The summed E-state index contributed by atoms with van der Waals surface area (Å²) in [6, 6.07) is 7.68. The number of rotatable bonds is 10. The van der Waals surface area contributed by atoms with Crippen molar-refractivity contribution in [2.45, 2.75) is 6.92 Å². The predicted molar refractivity (Wildman–Crippen MR) is 98.5 cm³/mol. The van der Waals surface area contributed by atoms with Gasteiger partial charge in [-0.15, -0.1) is 0 Å². The average Bonchev–Trinajstić information content (AvgIpc) is 2.72. The maximum Gasteiger partial charge on any atom is 0.338 e. The SMILES string of the molecule is Cc1cc(C(=O)OCCOC(=O)c2ccc(OC=O)c(OC=O)c2)ccc1C(=O)O. The molecule has 1 N–H and O–H groups in total. The maximum absolute atomic E-state index is 12.1. The van der Waals surface area contributed by atoms with Gasteiger partial charge in [-0.3, -0.25) is 9.59 Å². The van der Waals surface area contributed by atoms with Crippen molar-refractivity contribution >= 4 is 30.9 Å². The number of carbonyl (C=O) groups excluding carboxylic acids is 4. The lowest BCUT2D eigenvalue weighted by Crippen LogP contribution is -2.14. The molecule has 0 aliphatic carbocycles. The van der Waals surface area contributed by atoms with E-state index in [2.05, 4.69) is 9.47 Å². The zero-order valence-corrected chi connectivity index (χ0v) is 15.7. The van der Waals surface area contributed by atoms with Crippen molar-refractivity contribution in [2.24, 2.45) is 0 Å². The van der Waals surface area contributed by atoms with Crippen LogP contribution in [0.1, 0.15) is 36.6 Å². The molecule has 10 nitrogen and oxygen atoms in total. The van der Waals surface area contributed by atoms with Gasteiger partial charge < -0.3 is 24.1 Å². The molecule has 0 spiro atoms. The number of esters is 2. The summed E-state index contributed by atoms with van der Waals surface area (Å²) in [5.41, 5.74) is 0.642. The molecule has 0 aliphatic rings. The van der Waals surface area contributed by atoms with Gasteiger partial charge in [-0.05, 0) is 48.9 Å². The van der Waals surface area contributed by atoms with Crippen molar-refractivity contribution in [3.63, 3.8) is 0 Å². The number of carbonyl (C=O) groups is 5. The van der Waals surface area contributed by atoms with Crippen LogP contribution in [-0.2, 0) is 19.1 Å². The Morgan fingerprint density at radius 1 is 0.833 bits per heavy atom. The Balaban J connectivity index is 1.90. The van der Waals surface area contributed by atoms with E-state index in [4.69, 9.17) is 14.6 Å². The fourth-order valence-electron chi connectivity index (χ4n) is 2.39. The van der Waals surface area contributed by atoms with Crippen LogP contribution in [-0.4, -0.2) is 49.2 Å². The molecule has 30 heavy (non-hydrogen) atoms. The van der Waals surface area contributed by atoms with Gasteiger partial charge in [0.2, 0.25) is 0 Å². The molecule has 0 atom stereocenters. The van der Waals surface area contributed by atoms with Gasteiger partial charge in [0.05, 0.1) is 16.7 Å². The van der Waals surface area contributed by atoms with E-state index < -0.39 is 17.9 Å². The van der Waals surface area contributed by atoms with Crippen molar-refractivity contribution in [2.75, 3.05) is 13.2 Å². The highest BCUT2D eigenvalue weighted by Gasteiger charge is 2.15. The minimum Gasteiger partial charge on any atom is -0.478 e. The Morgan fingerprint density at radius 2 is 1.37 bits per heavy atom. The number of aromatic carboxylic acids is 1. The predicted octanol–water partition coefficient (Wildman–Crippen LogP) is 1.78. The zero-order valence-electron chi connectivity index (χ0n) is 15.7. The Hall–Kier alpha value is -4.21. The van der Waals surface area contributed by atoms with Gasteiger partial charge in [0, 0.05) is 0 Å². The maximum atomic E-state index is 12.1. The highest BCUT2D eigenvalue weighted by atomic mass is 16.6. The summed E-state index contributed by atoms with van der Waals surface area (Å²) in [5, 5.41) is 8.99. The summed E-state index contributed by atoms with van der Waals surface area (Å²) in [4.78, 5) is 56.0. The first-order valence-corrected chi connectivity index (χ1v) is 8.40. The largest absolute Gasteiger partial charge is 0.478 e. The normalized spacial score (nSPS) is 9.90. The quantitative estimate of drug-likeness (QED) is 0.346. The third kappa shape index (κ3) is 5.64. The second-order valence-corrected chi connectivity index (χ2v) is 5.70. The summed E-state index contributed by atoms with van der Waals surface area (Å²) >= 11 is 0. The van der Waals surface area contributed by atoms with E-state index in [0.717, 1.165) is 6.07 Å². The van der Waals surface area contributed by atoms with Crippen LogP contribution in [0, 0.1) is 6.92 Å². The number of carboxylic acid groups (broad SMARTS) is 1. The average molecular weight is 416 g/mol. The van der Waals surface area contributed by atoms with Crippen LogP contribution in [0.15, 0.2) is 36.4 Å². The Labute approximate surface area is 169 Å². The smallest absolute Gasteiger partial charge is 0.338 e. The molecule has 156 valence electrons. The van der Waals surface area contributed by atoms with Crippen molar-refractivity contribution in [3.8, 4) is 11.5 Å². The van der Waals surface area contributed by atoms with Gasteiger partial charge in [0.25, 0.3) is 12.9 Å². The Kier molecular flexibility index (Phi) is 7.63. The number of hydrogen-bond donors (Lipinski definition) is 1. The Morgan fingerprint density at radius 3 is 1.90 bits per heavy atom. The van der Waals surface area contributed by atoms with E-state index in [1.165, 1.54) is 30.3 Å². The van der Waals surface area contributed by atoms with E-state index in [1.807, 2.05) is 0 Å². The molecule has 0 aromatic heterocycles. The molecule has 0 aliphatic heterocycles. The highest BCUT2D eigenvalue weighted by molar-refractivity contribution is 5.94. The van der Waals surface area contributed by atoms with Crippen molar-refractivity contribution in [1.82, 2.24) is 0 Å². The first-order chi connectivity index (χ1) is 14.4. The lowest BCUT2D eigenvalue weighted by molar-refractivity contribution is -0.123. The topological polar surface area (TPSA) is 142 Å².